The molecular weight excluding hydrogens is 547 g/mol. The number of nitrogens with one attached hydrogen (secondary N) is 1. The van der Waals surface area contributed by atoms with E-state index in [2.05, 4.69) is 10.2 Å². The van der Waals surface area contributed by atoms with Crippen molar-refractivity contribution >= 4 is 29.3 Å². The second kappa shape index (κ2) is 12.3. The molecule has 7 nitrogen and oxygen atoms in total. The molecule has 1 saturated heterocycles. The summed E-state index contributed by atoms with van der Waals surface area (Å²) in [6.07, 6.45) is -1.70. The van der Waals surface area contributed by atoms with Crippen LogP contribution in [-0.2, 0) is 11.0 Å². The maximum atomic E-state index is 13.0. The summed E-state index contributed by atoms with van der Waals surface area (Å²) in [6.45, 7) is 2.55. The molecular formula is C32H28F3N3O4. The fraction of sp³-hybridized carbons (Fsp3) is 0.188. The van der Waals surface area contributed by atoms with E-state index < -0.39 is 11.7 Å². The molecule has 0 unspecified atom stereocenters. The van der Waals surface area contributed by atoms with Gasteiger partial charge < -0.3 is 24.3 Å². The van der Waals surface area contributed by atoms with Crippen molar-refractivity contribution in [2.75, 3.05) is 43.5 Å². The SMILES string of the molecule is COc1ccc(C(=O)N2CCN(c3ccc(NC(=O)/C=C/c4ccc(-c5cccc(C(F)(F)F)c5)o4)cc3)CC2)cc1. The van der Waals surface area contributed by atoms with Crippen LogP contribution < -0.4 is 15.0 Å². The number of methoxy groups -OCH3 is 1. The molecule has 1 aromatic heterocycles. The number of piperazine rings is 1. The monoisotopic (exact) mass is 575 g/mol. The number of hydrogen-bond acceptors (Lipinski definition) is 5. The summed E-state index contributed by atoms with van der Waals surface area (Å²) in [5.74, 6) is 0.908. The largest absolute Gasteiger partial charge is 0.497 e. The molecule has 0 bridgehead atoms. The van der Waals surface area contributed by atoms with Crippen molar-refractivity contribution in [3.05, 3.63) is 108 Å². The Morgan fingerprint density at radius 1 is 0.905 bits per heavy atom. The van der Waals surface area contributed by atoms with Gasteiger partial charge in [0.05, 0.1) is 12.7 Å². The number of anilines is 2. The predicted octanol–water partition coefficient (Wildman–Crippen LogP) is 6.59. The number of halogens is 3. The number of ether oxygens (including phenoxy) is 1. The molecule has 3 aromatic carbocycles. The average Bonchev–Trinajstić information content (AvgIpc) is 3.49. The number of nitrogens with zero attached hydrogens (tertiary/aromatic N) is 2. The Balaban J connectivity index is 1.12. The van der Waals surface area contributed by atoms with Gasteiger partial charge in [-0.25, -0.2) is 0 Å². The lowest BCUT2D eigenvalue weighted by atomic mass is 10.1. The van der Waals surface area contributed by atoms with Crippen LogP contribution in [0.1, 0.15) is 21.7 Å². The zero-order chi connectivity index (χ0) is 29.7. The summed E-state index contributed by atoms with van der Waals surface area (Å²) in [7, 11) is 1.59. The minimum Gasteiger partial charge on any atom is -0.497 e. The topological polar surface area (TPSA) is 75.0 Å². The molecule has 0 radical (unpaired) electrons. The molecule has 0 atom stereocenters. The lowest BCUT2D eigenvalue weighted by Gasteiger charge is -2.36. The summed E-state index contributed by atoms with van der Waals surface area (Å²) >= 11 is 0. The molecule has 1 fully saturated rings. The van der Waals surface area contributed by atoms with Gasteiger partial charge in [0, 0.05) is 54.8 Å². The Kier molecular flexibility index (Phi) is 8.33. The van der Waals surface area contributed by atoms with Gasteiger partial charge in [0.2, 0.25) is 5.91 Å². The predicted molar refractivity (Wildman–Crippen MR) is 154 cm³/mol. The van der Waals surface area contributed by atoms with Crippen LogP contribution in [0.5, 0.6) is 5.75 Å². The molecule has 1 aliphatic rings. The van der Waals surface area contributed by atoms with Crippen LogP contribution in [0.15, 0.2) is 95.4 Å². The molecule has 2 amide bonds. The maximum absolute atomic E-state index is 13.0. The third-order valence-electron chi connectivity index (χ3n) is 6.90. The number of benzene rings is 3. The summed E-state index contributed by atoms with van der Waals surface area (Å²) < 4.78 is 49.8. The van der Waals surface area contributed by atoms with Gasteiger partial charge in [-0.2, -0.15) is 13.2 Å². The Morgan fingerprint density at radius 2 is 1.62 bits per heavy atom. The standard InChI is InChI=1S/C32H28F3N3O4/c1-41-27-11-5-22(6-12-27)31(40)38-19-17-37(18-20-38)26-9-7-25(8-10-26)36-30(39)16-14-28-13-15-29(42-28)23-3-2-4-24(21-23)32(33,34)35/h2-16,21H,17-20H2,1H3,(H,36,39)/b16-14+. The Labute approximate surface area is 240 Å². The van der Waals surface area contributed by atoms with Gasteiger partial charge in [-0.05, 0) is 78.9 Å². The maximum Gasteiger partial charge on any atom is 0.416 e. The molecule has 4 aromatic rings. The van der Waals surface area contributed by atoms with Crippen LogP contribution >= 0.6 is 0 Å². The molecule has 2 heterocycles. The fourth-order valence-corrected chi connectivity index (χ4v) is 4.63. The van der Waals surface area contributed by atoms with Crippen molar-refractivity contribution in [1.82, 2.24) is 4.90 Å². The number of furan rings is 1. The van der Waals surface area contributed by atoms with E-state index in [0.29, 0.717) is 54.5 Å². The Hall–Kier alpha value is -4.99. The van der Waals surface area contributed by atoms with Crippen LogP contribution in [0.2, 0.25) is 0 Å². The van der Waals surface area contributed by atoms with Crippen LogP contribution in [0.25, 0.3) is 17.4 Å². The van der Waals surface area contributed by atoms with E-state index in [-0.39, 0.29) is 17.6 Å². The highest BCUT2D eigenvalue weighted by Gasteiger charge is 2.30. The third-order valence-corrected chi connectivity index (χ3v) is 6.90. The van der Waals surface area contributed by atoms with Crippen molar-refractivity contribution in [1.29, 1.82) is 0 Å². The van der Waals surface area contributed by atoms with E-state index in [1.807, 2.05) is 17.0 Å². The van der Waals surface area contributed by atoms with Crippen molar-refractivity contribution < 1.29 is 31.9 Å². The first-order valence-electron chi connectivity index (χ1n) is 13.2. The molecule has 42 heavy (non-hydrogen) atoms. The first-order chi connectivity index (χ1) is 20.2. The molecule has 10 heteroatoms. The molecule has 5 rings (SSSR count). The van der Waals surface area contributed by atoms with Crippen molar-refractivity contribution in [3.8, 4) is 17.1 Å². The molecule has 0 spiro atoms. The highest BCUT2D eigenvalue weighted by molar-refractivity contribution is 6.01. The minimum absolute atomic E-state index is 0.00940. The fourth-order valence-electron chi connectivity index (χ4n) is 4.63. The second-order valence-corrected chi connectivity index (χ2v) is 9.66. The Morgan fingerprint density at radius 3 is 2.29 bits per heavy atom. The normalized spacial score (nSPS) is 13.8. The molecule has 1 N–H and O–H groups in total. The molecule has 216 valence electrons. The van der Waals surface area contributed by atoms with Gasteiger partial charge in [0.1, 0.15) is 17.3 Å². The number of rotatable bonds is 7. The lowest BCUT2D eigenvalue weighted by Crippen LogP contribution is -2.48. The smallest absolute Gasteiger partial charge is 0.416 e. The van der Waals surface area contributed by atoms with E-state index in [9.17, 15) is 22.8 Å². The van der Waals surface area contributed by atoms with Crippen LogP contribution in [0.3, 0.4) is 0 Å². The van der Waals surface area contributed by atoms with Crippen LogP contribution in [-0.4, -0.2) is 50.0 Å². The molecule has 0 saturated carbocycles. The van der Waals surface area contributed by atoms with E-state index in [4.69, 9.17) is 9.15 Å². The van der Waals surface area contributed by atoms with Crippen molar-refractivity contribution in [2.45, 2.75) is 6.18 Å². The van der Waals surface area contributed by atoms with Gasteiger partial charge in [-0.3, -0.25) is 9.59 Å². The van der Waals surface area contributed by atoms with E-state index in [1.165, 1.54) is 24.3 Å². The number of carbonyl (C=O) groups excluding carboxylic acids is 2. The summed E-state index contributed by atoms with van der Waals surface area (Å²) in [5.41, 5.74) is 1.74. The molecule has 0 aliphatic carbocycles. The average molecular weight is 576 g/mol. The first-order valence-corrected chi connectivity index (χ1v) is 13.2. The van der Waals surface area contributed by atoms with Crippen molar-refractivity contribution in [2.24, 2.45) is 0 Å². The van der Waals surface area contributed by atoms with Gasteiger partial charge in [0.15, 0.2) is 0 Å². The third kappa shape index (κ3) is 6.83. The number of alkyl halides is 3. The molecule has 1 aliphatic heterocycles. The van der Waals surface area contributed by atoms with Crippen molar-refractivity contribution in [3.63, 3.8) is 0 Å². The highest BCUT2D eigenvalue weighted by Crippen LogP contribution is 2.33. The quantitative estimate of drug-likeness (QED) is 0.252. The van der Waals surface area contributed by atoms with Crippen LogP contribution in [0, 0.1) is 0 Å². The van der Waals surface area contributed by atoms with Crippen LogP contribution in [0.4, 0.5) is 24.5 Å². The van der Waals surface area contributed by atoms with Gasteiger partial charge in [-0.1, -0.05) is 12.1 Å². The zero-order valence-electron chi connectivity index (χ0n) is 22.7. The summed E-state index contributed by atoms with van der Waals surface area (Å²) in [4.78, 5) is 29.3. The van der Waals surface area contributed by atoms with E-state index >= 15 is 0 Å². The first kappa shape index (κ1) is 28.5. The number of carbonyl (C=O) groups is 2. The number of amides is 2. The second-order valence-electron chi connectivity index (χ2n) is 9.66. The van der Waals surface area contributed by atoms with E-state index in [1.54, 1.807) is 55.6 Å². The zero-order valence-corrected chi connectivity index (χ0v) is 22.7. The van der Waals surface area contributed by atoms with E-state index in [0.717, 1.165) is 17.8 Å². The summed E-state index contributed by atoms with van der Waals surface area (Å²) in [6, 6.07) is 22.5. The Bertz CT molecular complexity index is 1570. The van der Waals surface area contributed by atoms with Gasteiger partial charge >= 0.3 is 6.18 Å². The van der Waals surface area contributed by atoms with Gasteiger partial charge in [0.25, 0.3) is 5.91 Å². The summed E-state index contributed by atoms with van der Waals surface area (Å²) in [5, 5.41) is 2.78. The van der Waals surface area contributed by atoms with Gasteiger partial charge in [-0.15, -0.1) is 0 Å². The minimum atomic E-state index is -4.45. The lowest BCUT2D eigenvalue weighted by molar-refractivity contribution is -0.137. The highest BCUT2D eigenvalue weighted by atomic mass is 19.4. The number of hydrogen-bond donors (Lipinski definition) is 1.